The van der Waals surface area contributed by atoms with E-state index < -0.39 is 0 Å². The topological polar surface area (TPSA) is 83.0 Å². The smallest absolute Gasteiger partial charge is 0.248 e. The molecular formula is C21H21BrN6O. The van der Waals surface area contributed by atoms with Gasteiger partial charge in [0, 0.05) is 48.8 Å². The average Bonchev–Trinajstić information content (AvgIpc) is 3.17. The Morgan fingerprint density at radius 2 is 2.07 bits per heavy atom. The summed E-state index contributed by atoms with van der Waals surface area (Å²) in [6.45, 7) is 3.55. The Bertz CT molecular complexity index is 1050. The number of fused-ring (bicyclic) bond motifs is 1. The molecular weight excluding hydrogens is 432 g/mol. The summed E-state index contributed by atoms with van der Waals surface area (Å²) in [5, 5.41) is 8.38. The monoisotopic (exact) mass is 452 g/mol. The second-order valence-corrected chi connectivity index (χ2v) is 7.78. The first-order valence-corrected chi connectivity index (χ1v) is 10.2. The van der Waals surface area contributed by atoms with Gasteiger partial charge in [-0.1, -0.05) is 6.08 Å². The van der Waals surface area contributed by atoms with Crippen molar-refractivity contribution < 1.29 is 4.79 Å². The summed E-state index contributed by atoms with van der Waals surface area (Å²) >= 11 is 3.35. The van der Waals surface area contributed by atoms with Gasteiger partial charge in [-0.05, 0) is 65.0 Å². The number of aromatic nitrogens is 3. The minimum absolute atomic E-state index is 0.134. The zero-order valence-electron chi connectivity index (χ0n) is 16.0. The molecule has 0 bridgehead atoms. The predicted octanol–water partition coefficient (Wildman–Crippen LogP) is 3.99. The van der Waals surface area contributed by atoms with Crippen LogP contribution in [0.3, 0.4) is 0 Å². The molecule has 1 aliphatic heterocycles. The lowest BCUT2D eigenvalue weighted by atomic mass is 10.1. The van der Waals surface area contributed by atoms with Crippen molar-refractivity contribution in [1.29, 1.82) is 0 Å². The molecule has 0 saturated carbocycles. The quantitative estimate of drug-likeness (QED) is 0.569. The maximum atomic E-state index is 11.8. The third-order valence-electron chi connectivity index (χ3n) is 4.77. The molecule has 2 aromatic heterocycles. The van der Waals surface area contributed by atoms with E-state index in [0.717, 1.165) is 46.3 Å². The Morgan fingerprint density at radius 3 is 2.86 bits per heavy atom. The molecule has 8 heteroatoms. The number of pyridine rings is 1. The van der Waals surface area contributed by atoms with E-state index in [4.69, 9.17) is 0 Å². The first-order chi connectivity index (χ1) is 14.1. The van der Waals surface area contributed by atoms with Crippen molar-refractivity contribution in [3.05, 3.63) is 59.5 Å². The van der Waals surface area contributed by atoms with Gasteiger partial charge in [0.15, 0.2) is 0 Å². The number of anilines is 3. The third kappa shape index (κ3) is 4.54. The third-order valence-corrected chi connectivity index (χ3v) is 5.18. The number of carbonyl (C=O) groups is 1. The lowest BCUT2D eigenvalue weighted by Crippen LogP contribution is -2.27. The Morgan fingerprint density at radius 1 is 1.24 bits per heavy atom. The summed E-state index contributed by atoms with van der Waals surface area (Å²) in [4.78, 5) is 27.3. The van der Waals surface area contributed by atoms with Gasteiger partial charge in [-0.2, -0.15) is 0 Å². The molecule has 0 aliphatic carbocycles. The molecule has 0 spiro atoms. The molecule has 2 N–H and O–H groups in total. The minimum atomic E-state index is -0.134. The first kappa shape index (κ1) is 19.3. The van der Waals surface area contributed by atoms with Crippen LogP contribution in [0.4, 0.5) is 17.5 Å². The van der Waals surface area contributed by atoms with E-state index in [-0.39, 0.29) is 11.9 Å². The van der Waals surface area contributed by atoms with Crippen molar-refractivity contribution in [3.63, 3.8) is 0 Å². The summed E-state index contributed by atoms with van der Waals surface area (Å²) in [5.74, 6) is 1.45. The second-order valence-electron chi connectivity index (χ2n) is 6.86. The van der Waals surface area contributed by atoms with Crippen LogP contribution in [0.1, 0.15) is 13.3 Å². The fourth-order valence-electron chi connectivity index (χ4n) is 3.47. The largest absolute Gasteiger partial charge is 0.354 e. The molecule has 7 nitrogen and oxygen atoms in total. The molecule has 1 saturated heterocycles. The molecule has 1 amide bonds. The number of hydrogen-bond acceptors (Lipinski definition) is 6. The zero-order chi connectivity index (χ0) is 20.2. The SMILES string of the molecule is CC=CC(=O)Nc1ccc2c(N3CCC(Nc4ncc(Br)cn4)C3)nccc2c1. The second kappa shape index (κ2) is 8.57. The van der Waals surface area contributed by atoms with Crippen molar-refractivity contribution in [2.24, 2.45) is 0 Å². The molecule has 3 heterocycles. The summed E-state index contributed by atoms with van der Waals surface area (Å²) in [5.41, 5.74) is 0.770. The number of hydrogen-bond donors (Lipinski definition) is 2. The van der Waals surface area contributed by atoms with E-state index in [0.29, 0.717) is 5.95 Å². The lowest BCUT2D eigenvalue weighted by Gasteiger charge is -2.20. The molecule has 1 aromatic carbocycles. The summed E-state index contributed by atoms with van der Waals surface area (Å²) < 4.78 is 0.859. The van der Waals surface area contributed by atoms with Gasteiger partial charge in [-0.15, -0.1) is 0 Å². The maximum absolute atomic E-state index is 11.8. The summed E-state index contributed by atoms with van der Waals surface area (Å²) in [6.07, 6.45) is 9.50. The Labute approximate surface area is 177 Å². The van der Waals surface area contributed by atoms with Crippen molar-refractivity contribution in [1.82, 2.24) is 15.0 Å². The molecule has 1 atom stereocenters. The Hall–Kier alpha value is -3.00. The van der Waals surface area contributed by atoms with E-state index in [1.807, 2.05) is 37.4 Å². The lowest BCUT2D eigenvalue weighted by molar-refractivity contribution is -0.111. The molecule has 29 heavy (non-hydrogen) atoms. The van der Waals surface area contributed by atoms with E-state index in [2.05, 4.69) is 46.4 Å². The molecule has 0 radical (unpaired) electrons. The number of benzene rings is 1. The fraction of sp³-hybridized carbons (Fsp3) is 0.238. The fourth-order valence-corrected chi connectivity index (χ4v) is 3.67. The van der Waals surface area contributed by atoms with Crippen LogP contribution in [-0.4, -0.2) is 40.0 Å². The maximum Gasteiger partial charge on any atom is 0.248 e. The van der Waals surface area contributed by atoms with E-state index in [1.165, 1.54) is 6.08 Å². The number of nitrogens with zero attached hydrogens (tertiary/aromatic N) is 4. The normalized spacial score (nSPS) is 16.5. The predicted molar refractivity (Wildman–Crippen MR) is 119 cm³/mol. The number of carbonyl (C=O) groups excluding carboxylic acids is 1. The standard InChI is InChI=1S/C21H21BrN6O/c1-2-3-19(29)26-16-4-5-18-14(10-16)6-8-23-20(18)28-9-7-17(13-28)27-21-24-11-15(22)12-25-21/h2-6,8,10-12,17H,7,9,13H2,1H3,(H,26,29)(H,24,25,27). The number of allylic oxidation sites excluding steroid dienone is 1. The molecule has 4 rings (SSSR count). The highest BCUT2D eigenvalue weighted by molar-refractivity contribution is 9.10. The van der Waals surface area contributed by atoms with Gasteiger partial charge in [0.05, 0.1) is 4.47 Å². The minimum Gasteiger partial charge on any atom is -0.354 e. The Balaban J connectivity index is 1.50. The molecule has 148 valence electrons. The van der Waals surface area contributed by atoms with Gasteiger partial charge in [0.1, 0.15) is 5.82 Å². The number of halogens is 1. The van der Waals surface area contributed by atoms with Gasteiger partial charge in [0.25, 0.3) is 0 Å². The molecule has 1 fully saturated rings. The average molecular weight is 453 g/mol. The van der Waals surface area contributed by atoms with Crippen molar-refractivity contribution in [2.75, 3.05) is 28.6 Å². The highest BCUT2D eigenvalue weighted by atomic mass is 79.9. The van der Waals surface area contributed by atoms with Crippen LogP contribution < -0.4 is 15.5 Å². The van der Waals surface area contributed by atoms with Crippen molar-refractivity contribution in [3.8, 4) is 0 Å². The summed E-state index contributed by atoms with van der Waals surface area (Å²) in [6, 6.07) is 8.13. The molecule has 1 aliphatic rings. The van der Waals surface area contributed by atoms with Gasteiger partial charge in [-0.3, -0.25) is 4.79 Å². The molecule has 3 aromatic rings. The van der Waals surface area contributed by atoms with Crippen LogP contribution in [0.2, 0.25) is 0 Å². The first-order valence-electron chi connectivity index (χ1n) is 9.44. The van der Waals surface area contributed by atoms with Crippen LogP contribution in [0, 0.1) is 0 Å². The van der Waals surface area contributed by atoms with Crippen LogP contribution >= 0.6 is 15.9 Å². The summed E-state index contributed by atoms with van der Waals surface area (Å²) in [7, 11) is 0. The van der Waals surface area contributed by atoms with Crippen LogP contribution in [0.15, 0.2) is 59.5 Å². The highest BCUT2D eigenvalue weighted by Gasteiger charge is 2.25. The van der Waals surface area contributed by atoms with Gasteiger partial charge >= 0.3 is 0 Å². The van der Waals surface area contributed by atoms with E-state index in [1.54, 1.807) is 18.5 Å². The van der Waals surface area contributed by atoms with E-state index >= 15 is 0 Å². The van der Waals surface area contributed by atoms with Gasteiger partial charge in [0.2, 0.25) is 11.9 Å². The number of amides is 1. The number of nitrogens with one attached hydrogen (secondary N) is 2. The van der Waals surface area contributed by atoms with Crippen LogP contribution in [0.25, 0.3) is 10.8 Å². The van der Waals surface area contributed by atoms with Crippen molar-refractivity contribution in [2.45, 2.75) is 19.4 Å². The Kier molecular flexibility index (Phi) is 5.71. The van der Waals surface area contributed by atoms with E-state index in [9.17, 15) is 4.79 Å². The highest BCUT2D eigenvalue weighted by Crippen LogP contribution is 2.29. The number of rotatable bonds is 5. The molecule has 1 unspecified atom stereocenters. The van der Waals surface area contributed by atoms with Gasteiger partial charge < -0.3 is 15.5 Å². The zero-order valence-corrected chi connectivity index (χ0v) is 17.6. The van der Waals surface area contributed by atoms with Crippen LogP contribution in [0.5, 0.6) is 0 Å². The van der Waals surface area contributed by atoms with Crippen molar-refractivity contribution >= 4 is 50.1 Å². The van der Waals surface area contributed by atoms with Crippen LogP contribution in [-0.2, 0) is 4.79 Å². The van der Waals surface area contributed by atoms with Gasteiger partial charge in [-0.25, -0.2) is 15.0 Å².